The second kappa shape index (κ2) is 11.8. The molecule has 0 saturated carbocycles. The van der Waals surface area contributed by atoms with Gasteiger partial charge >= 0.3 is 0 Å². The maximum atomic E-state index is 9.31. The third-order valence-electron chi connectivity index (χ3n) is 8.65. The topological polar surface area (TPSA) is 16.4 Å². The number of nitrogens with zero attached hydrogens (tertiary/aromatic N) is 1. The van der Waals surface area contributed by atoms with E-state index < -0.39 is 42.3 Å². The summed E-state index contributed by atoms with van der Waals surface area (Å²) in [5, 5.41) is 3.92. The normalized spacial score (nSPS) is 14.0. The fourth-order valence-electron chi connectivity index (χ4n) is 6.33. The summed E-state index contributed by atoms with van der Waals surface area (Å²) in [5.74, 6) is 0. The summed E-state index contributed by atoms with van der Waals surface area (Å²) in [6, 6.07) is 37.5. The molecule has 0 N–H and O–H groups in total. The first kappa shape index (κ1) is 20.0. The highest BCUT2D eigenvalue weighted by atomic mass is 16.3. The summed E-state index contributed by atoms with van der Waals surface area (Å²) >= 11 is 0. The minimum atomic E-state index is -0.593. The van der Waals surface area contributed by atoms with Gasteiger partial charge in [-0.25, -0.2) is 0 Å². The van der Waals surface area contributed by atoms with E-state index in [1.807, 2.05) is 103 Å². The molecule has 8 aromatic carbocycles. The van der Waals surface area contributed by atoms with Gasteiger partial charge in [-0.3, -0.25) is 0 Å². The Bertz CT molecular complexity index is 2990. The first-order valence-electron chi connectivity index (χ1n) is 20.1. The van der Waals surface area contributed by atoms with Crippen LogP contribution >= 0.6 is 0 Å². The first-order chi connectivity index (χ1) is 27.5. The van der Waals surface area contributed by atoms with Crippen molar-refractivity contribution in [2.24, 2.45) is 0 Å². The summed E-state index contributed by atoms with van der Waals surface area (Å²) in [7, 11) is 0. The standard InChI is InChI=1S/C46H31NO/c1-3-10-32(11-4-1)33-18-20-34(21-19-33)35-22-27-39(28-23-35)47(38-13-5-2-6-14-38)40-29-24-37(25-30-40)41-16-9-17-44-45(41)43-31-26-36-12-7-8-15-42(36)46(43)48-44/h1-31H/i2D,5D,6D,13D,14D,22D,23D,27D,28D. The average Bonchev–Trinajstić information content (AvgIpc) is 3.64. The SMILES string of the molecule is [2H]c1c([2H])c([2H])c(N(c2ccc(-c3cccc4oc5c6ccccc6ccc5c34)cc2)c2c([2H])c([2H])c(-c3ccc(-c4ccccc4)cc3)c([2H])c2[2H])c([2H])c1[2H]. The Morgan fingerprint density at radius 2 is 1.06 bits per heavy atom. The molecule has 0 aliphatic rings. The molecule has 0 atom stereocenters. The number of benzene rings is 8. The number of anilines is 3. The number of fused-ring (bicyclic) bond motifs is 5. The van der Waals surface area contributed by atoms with Crippen molar-refractivity contribution in [3.63, 3.8) is 0 Å². The van der Waals surface area contributed by atoms with Crippen LogP contribution in [0.3, 0.4) is 0 Å². The monoisotopic (exact) mass is 622 g/mol. The van der Waals surface area contributed by atoms with Crippen LogP contribution in [0.2, 0.25) is 0 Å². The Kier molecular flexibility index (Phi) is 4.90. The second-order valence-corrected chi connectivity index (χ2v) is 11.5. The van der Waals surface area contributed by atoms with E-state index in [4.69, 9.17) is 11.3 Å². The number of hydrogen-bond donors (Lipinski definition) is 0. The van der Waals surface area contributed by atoms with E-state index in [1.165, 1.54) is 4.90 Å². The Morgan fingerprint density at radius 1 is 0.417 bits per heavy atom. The van der Waals surface area contributed by atoms with Gasteiger partial charge in [-0.1, -0.05) is 139 Å². The number of rotatable bonds is 6. The van der Waals surface area contributed by atoms with Gasteiger partial charge in [0.25, 0.3) is 0 Å². The zero-order valence-corrected chi connectivity index (χ0v) is 25.6. The molecular formula is C46H31NO. The highest BCUT2D eigenvalue weighted by Gasteiger charge is 2.16. The molecule has 1 aromatic heterocycles. The molecule has 2 nitrogen and oxygen atoms in total. The lowest BCUT2D eigenvalue weighted by atomic mass is 9.98. The van der Waals surface area contributed by atoms with Crippen molar-refractivity contribution in [3.8, 4) is 33.4 Å². The van der Waals surface area contributed by atoms with Crippen LogP contribution < -0.4 is 4.90 Å². The van der Waals surface area contributed by atoms with Crippen molar-refractivity contribution in [2.45, 2.75) is 0 Å². The Labute approximate surface area is 292 Å². The Morgan fingerprint density at radius 3 is 1.83 bits per heavy atom. The van der Waals surface area contributed by atoms with E-state index in [0.717, 1.165) is 49.4 Å². The fraction of sp³-hybridized carbons (Fsp3) is 0. The van der Waals surface area contributed by atoms with E-state index >= 15 is 0 Å². The van der Waals surface area contributed by atoms with Crippen LogP contribution in [-0.2, 0) is 0 Å². The Hall–Kier alpha value is -6.38. The van der Waals surface area contributed by atoms with E-state index in [-0.39, 0.29) is 34.7 Å². The van der Waals surface area contributed by atoms with Crippen molar-refractivity contribution in [1.82, 2.24) is 0 Å². The van der Waals surface area contributed by atoms with Gasteiger partial charge in [-0.15, -0.1) is 0 Å². The molecule has 0 spiro atoms. The summed E-state index contributed by atoms with van der Waals surface area (Å²) < 4.78 is 86.4. The number of furan rings is 1. The molecule has 0 radical (unpaired) electrons. The van der Waals surface area contributed by atoms with Gasteiger partial charge in [0.1, 0.15) is 11.2 Å². The molecule has 0 aliphatic carbocycles. The lowest BCUT2D eigenvalue weighted by Gasteiger charge is -2.26. The summed E-state index contributed by atoms with van der Waals surface area (Å²) in [5.41, 5.74) is 5.36. The van der Waals surface area contributed by atoms with Crippen molar-refractivity contribution in [2.75, 3.05) is 4.90 Å². The smallest absolute Gasteiger partial charge is 0.143 e. The highest BCUT2D eigenvalue weighted by molar-refractivity contribution is 6.19. The predicted molar refractivity (Wildman–Crippen MR) is 202 cm³/mol. The summed E-state index contributed by atoms with van der Waals surface area (Å²) in [6.07, 6.45) is 0. The largest absolute Gasteiger partial charge is 0.455 e. The molecule has 48 heavy (non-hydrogen) atoms. The minimum Gasteiger partial charge on any atom is -0.455 e. The van der Waals surface area contributed by atoms with Crippen LogP contribution in [0.4, 0.5) is 17.1 Å². The average molecular weight is 623 g/mol. The molecule has 9 aromatic rings. The third-order valence-corrected chi connectivity index (χ3v) is 8.65. The molecule has 0 unspecified atom stereocenters. The molecule has 0 amide bonds. The molecule has 9 rings (SSSR count). The lowest BCUT2D eigenvalue weighted by Crippen LogP contribution is -2.09. The zero-order valence-electron chi connectivity index (χ0n) is 34.6. The summed E-state index contributed by atoms with van der Waals surface area (Å²) in [6.45, 7) is 0. The van der Waals surface area contributed by atoms with E-state index in [2.05, 4.69) is 6.07 Å². The Balaban J connectivity index is 1.21. The van der Waals surface area contributed by atoms with Crippen LogP contribution in [-0.4, -0.2) is 0 Å². The van der Waals surface area contributed by atoms with Gasteiger partial charge < -0.3 is 9.32 Å². The van der Waals surface area contributed by atoms with E-state index in [1.54, 1.807) is 24.3 Å². The fourth-order valence-corrected chi connectivity index (χ4v) is 6.33. The molecule has 1 heterocycles. The maximum Gasteiger partial charge on any atom is 0.143 e. The highest BCUT2D eigenvalue weighted by Crippen LogP contribution is 2.41. The van der Waals surface area contributed by atoms with Crippen LogP contribution in [0.25, 0.3) is 66.1 Å². The third kappa shape index (κ3) is 4.92. The van der Waals surface area contributed by atoms with Crippen molar-refractivity contribution in [3.05, 3.63) is 188 Å². The van der Waals surface area contributed by atoms with Gasteiger partial charge in [-0.05, 0) is 87.2 Å². The van der Waals surface area contributed by atoms with Crippen LogP contribution in [0, 0.1) is 0 Å². The molecule has 0 aliphatic heterocycles. The molecule has 226 valence electrons. The molecular weight excluding hydrogens is 583 g/mol. The van der Waals surface area contributed by atoms with Crippen molar-refractivity contribution in [1.29, 1.82) is 0 Å². The van der Waals surface area contributed by atoms with Crippen LogP contribution in [0.5, 0.6) is 0 Å². The van der Waals surface area contributed by atoms with Crippen molar-refractivity contribution >= 4 is 49.8 Å². The zero-order chi connectivity index (χ0) is 39.7. The number of hydrogen-bond acceptors (Lipinski definition) is 2. The first-order valence-corrected chi connectivity index (χ1v) is 15.6. The van der Waals surface area contributed by atoms with Gasteiger partial charge in [0, 0.05) is 33.2 Å². The lowest BCUT2D eigenvalue weighted by molar-refractivity contribution is 0.673. The van der Waals surface area contributed by atoms with Gasteiger partial charge in [-0.2, -0.15) is 0 Å². The van der Waals surface area contributed by atoms with E-state index in [9.17, 15) is 5.48 Å². The maximum absolute atomic E-state index is 9.31. The van der Waals surface area contributed by atoms with Gasteiger partial charge in [0.2, 0.25) is 0 Å². The second-order valence-electron chi connectivity index (χ2n) is 11.5. The van der Waals surface area contributed by atoms with Crippen molar-refractivity contribution < 1.29 is 16.8 Å². The number of para-hydroxylation sites is 1. The summed E-state index contributed by atoms with van der Waals surface area (Å²) in [4.78, 5) is 1.24. The van der Waals surface area contributed by atoms with Gasteiger partial charge in [0.15, 0.2) is 0 Å². The molecule has 2 heteroatoms. The van der Waals surface area contributed by atoms with E-state index in [0.29, 0.717) is 11.1 Å². The molecule has 0 saturated heterocycles. The predicted octanol–water partition coefficient (Wildman–Crippen LogP) is 13.2. The van der Waals surface area contributed by atoms with Crippen LogP contribution in [0.1, 0.15) is 12.3 Å². The molecule has 0 bridgehead atoms. The quantitative estimate of drug-likeness (QED) is 0.183. The van der Waals surface area contributed by atoms with Gasteiger partial charge in [0.05, 0.1) is 12.3 Å². The van der Waals surface area contributed by atoms with Crippen LogP contribution in [0.15, 0.2) is 192 Å². The minimum absolute atomic E-state index is 0.0814. The molecule has 0 fully saturated rings.